The number of nitrogens with zero attached hydrogens (tertiary/aromatic N) is 3. The Morgan fingerprint density at radius 3 is 2.85 bits per heavy atom. The number of rotatable bonds is 5. The zero-order valence-corrected chi connectivity index (χ0v) is 20.9. The second-order valence-electron chi connectivity index (χ2n) is 9.44. The molecule has 8 nitrogen and oxygen atoms in total. The molecular formula is C25H31N5O3S. The van der Waals surface area contributed by atoms with Crippen molar-refractivity contribution in [2.24, 2.45) is 0 Å². The van der Waals surface area contributed by atoms with Crippen LogP contribution in [0.4, 0.5) is 16.2 Å². The van der Waals surface area contributed by atoms with E-state index >= 15 is 0 Å². The Labute approximate surface area is 203 Å². The highest BCUT2D eigenvalue weighted by Crippen LogP contribution is 2.29. The largest absolute Gasteiger partial charge is 0.444 e. The van der Waals surface area contributed by atoms with Gasteiger partial charge in [-0.15, -0.1) is 11.3 Å². The number of pyridine rings is 2. The van der Waals surface area contributed by atoms with Gasteiger partial charge in [-0.3, -0.25) is 9.78 Å². The number of carbonyl (C=O) groups is 2. The average molecular weight is 482 g/mol. The van der Waals surface area contributed by atoms with Gasteiger partial charge in [0.25, 0.3) is 5.91 Å². The van der Waals surface area contributed by atoms with Crippen molar-refractivity contribution in [3.05, 3.63) is 47.2 Å². The fraction of sp³-hybridized carbons (Fsp3) is 0.440. The number of alkyl carbamates (subject to hydrolysis) is 1. The summed E-state index contributed by atoms with van der Waals surface area (Å²) in [6.07, 6.45) is 5.60. The molecule has 3 aromatic heterocycles. The van der Waals surface area contributed by atoms with Crippen molar-refractivity contribution < 1.29 is 14.3 Å². The van der Waals surface area contributed by atoms with Gasteiger partial charge < -0.3 is 20.3 Å². The van der Waals surface area contributed by atoms with Crippen molar-refractivity contribution in [1.29, 1.82) is 0 Å². The number of ether oxygens (including phenoxy) is 1. The predicted molar refractivity (Wildman–Crippen MR) is 136 cm³/mol. The second-order valence-corrected chi connectivity index (χ2v) is 10.3. The van der Waals surface area contributed by atoms with Crippen molar-refractivity contribution in [3.8, 4) is 0 Å². The molecule has 3 aromatic rings. The van der Waals surface area contributed by atoms with Gasteiger partial charge in [-0.25, -0.2) is 9.78 Å². The van der Waals surface area contributed by atoms with E-state index in [1.165, 1.54) is 0 Å². The predicted octanol–water partition coefficient (Wildman–Crippen LogP) is 5.00. The average Bonchev–Trinajstić information content (AvgIpc) is 3.20. The van der Waals surface area contributed by atoms with Crippen molar-refractivity contribution in [2.75, 3.05) is 23.3 Å². The quantitative estimate of drug-likeness (QED) is 0.532. The molecule has 1 fully saturated rings. The number of aryl methyl sites for hydroxylation is 1. The molecule has 1 saturated heterocycles. The molecule has 4 heterocycles. The number of thiophene rings is 1. The summed E-state index contributed by atoms with van der Waals surface area (Å²) in [5.74, 6) is -0.273. The van der Waals surface area contributed by atoms with Crippen LogP contribution in [0.15, 0.2) is 36.0 Å². The zero-order chi connectivity index (χ0) is 24.3. The van der Waals surface area contributed by atoms with Gasteiger partial charge in [-0.2, -0.15) is 0 Å². The summed E-state index contributed by atoms with van der Waals surface area (Å²) in [6.45, 7) is 9.06. The van der Waals surface area contributed by atoms with Gasteiger partial charge in [0.05, 0.1) is 27.8 Å². The smallest absolute Gasteiger partial charge is 0.407 e. The number of aromatic nitrogens is 2. The number of nitrogens with one attached hydrogen (secondary N) is 2. The fourth-order valence-corrected chi connectivity index (χ4v) is 5.06. The second kappa shape index (κ2) is 9.97. The molecule has 0 spiro atoms. The number of hydrogen-bond acceptors (Lipinski definition) is 7. The minimum absolute atomic E-state index is 0.0459. The third-order valence-electron chi connectivity index (χ3n) is 5.63. The SMILES string of the molecule is CCc1csc2ccc(C(=O)Nc3cnccc3N3CCC[C@H](NC(=O)OC(C)(C)C)C3)nc12. The lowest BCUT2D eigenvalue weighted by Gasteiger charge is -2.35. The first-order valence-corrected chi connectivity index (χ1v) is 12.5. The summed E-state index contributed by atoms with van der Waals surface area (Å²) in [5, 5.41) is 8.06. The van der Waals surface area contributed by atoms with Gasteiger partial charge in [0, 0.05) is 25.3 Å². The molecule has 0 saturated carbocycles. The van der Waals surface area contributed by atoms with Gasteiger partial charge in [-0.1, -0.05) is 6.92 Å². The molecule has 4 rings (SSSR count). The van der Waals surface area contributed by atoms with Crippen LogP contribution in [0.5, 0.6) is 0 Å². The third-order valence-corrected chi connectivity index (χ3v) is 6.62. The van der Waals surface area contributed by atoms with E-state index in [9.17, 15) is 9.59 Å². The van der Waals surface area contributed by atoms with Crippen LogP contribution in [0.1, 0.15) is 56.6 Å². The maximum atomic E-state index is 13.1. The Balaban J connectivity index is 1.48. The summed E-state index contributed by atoms with van der Waals surface area (Å²) in [6, 6.07) is 5.54. The summed E-state index contributed by atoms with van der Waals surface area (Å²) in [5.41, 5.74) is 3.35. The molecular weight excluding hydrogens is 450 g/mol. The topological polar surface area (TPSA) is 96.5 Å². The fourth-order valence-electron chi connectivity index (χ4n) is 4.07. The molecule has 1 aliphatic heterocycles. The van der Waals surface area contributed by atoms with Crippen LogP contribution in [0.3, 0.4) is 0 Å². The molecule has 2 N–H and O–H groups in total. The first-order valence-electron chi connectivity index (χ1n) is 11.6. The zero-order valence-electron chi connectivity index (χ0n) is 20.1. The molecule has 0 radical (unpaired) electrons. The van der Waals surface area contributed by atoms with E-state index in [4.69, 9.17) is 4.74 Å². The number of anilines is 2. The first-order chi connectivity index (χ1) is 16.2. The van der Waals surface area contributed by atoms with Gasteiger partial charge in [-0.05, 0) is 69.2 Å². The molecule has 0 unspecified atom stereocenters. The Morgan fingerprint density at radius 2 is 2.09 bits per heavy atom. The van der Waals surface area contributed by atoms with Crippen LogP contribution < -0.4 is 15.5 Å². The van der Waals surface area contributed by atoms with Gasteiger partial charge in [0.1, 0.15) is 11.3 Å². The molecule has 180 valence electrons. The maximum absolute atomic E-state index is 13.1. The standard InChI is InChI=1S/C25H31N5O3S/c1-5-16-15-34-21-9-8-18(28-22(16)21)23(31)29-19-13-26-11-10-20(19)30-12-6-7-17(14-30)27-24(32)33-25(2,3)4/h8-11,13,15,17H,5-7,12,14H2,1-4H3,(H,27,32)(H,29,31)/t17-/m0/s1. The lowest BCUT2D eigenvalue weighted by Crippen LogP contribution is -2.49. The van der Waals surface area contributed by atoms with Gasteiger partial charge in [0.2, 0.25) is 0 Å². The van der Waals surface area contributed by atoms with Crippen LogP contribution in [0.25, 0.3) is 10.2 Å². The highest BCUT2D eigenvalue weighted by Gasteiger charge is 2.26. The molecule has 34 heavy (non-hydrogen) atoms. The van der Waals surface area contributed by atoms with E-state index in [1.807, 2.05) is 32.9 Å². The minimum Gasteiger partial charge on any atom is -0.444 e. The van der Waals surface area contributed by atoms with Gasteiger partial charge >= 0.3 is 6.09 Å². The Bertz CT molecular complexity index is 1190. The highest BCUT2D eigenvalue weighted by molar-refractivity contribution is 7.17. The normalized spacial score (nSPS) is 16.4. The van der Waals surface area contributed by atoms with E-state index in [-0.39, 0.29) is 11.9 Å². The summed E-state index contributed by atoms with van der Waals surface area (Å²) in [7, 11) is 0. The lowest BCUT2D eigenvalue weighted by atomic mass is 10.0. The molecule has 2 amide bonds. The number of hydrogen-bond donors (Lipinski definition) is 2. The Morgan fingerprint density at radius 1 is 1.26 bits per heavy atom. The monoisotopic (exact) mass is 481 g/mol. The van der Waals surface area contributed by atoms with E-state index in [0.717, 1.165) is 47.3 Å². The van der Waals surface area contributed by atoms with Crippen molar-refractivity contribution in [3.63, 3.8) is 0 Å². The summed E-state index contributed by atoms with van der Waals surface area (Å²) < 4.78 is 6.48. The number of amides is 2. The molecule has 0 aromatic carbocycles. The van der Waals surface area contributed by atoms with Crippen LogP contribution in [0, 0.1) is 0 Å². The van der Waals surface area contributed by atoms with Crippen molar-refractivity contribution in [1.82, 2.24) is 15.3 Å². The number of piperidine rings is 1. The van der Waals surface area contributed by atoms with Crippen molar-refractivity contribution in [2.45, 2.75) is 58.6 Å². The molecule has 1 aliphatic rings. The maximum Gasteiger partial charge on any atom is 0.407 e. The van der Waals surface area contributed by atoms with E-state index in [1.54, 1.807) is 29.8 Å². The third kappa shape index (κ3) is 5.64. The lowest BCUT2D eigenvalue weighted by molar-refractivity contribution is 0.0500. The van der Waals surface area contributed by atoms with E-state index in [2.05, 4.69) is 37.8 Å². The molecule has 0 bridgehead atoms. The van der Waals surface area contributed by atoms with Crippen LogP contribution >= 0.6 is 11.3 Å². The van der Waals surface area contributed by atoms with Gasteiger partial charge in [0.15, 0.2) is 0 Å². The van der Waals surface area contributed by atoms with Crippen LogP contribution in [-0.4, -0.2) is 46.7 Å². The minimum atomic E-state index is -0.543. The molecule has 1 atom stereocenters. The van der Waals surface area contributed by atoms with Crippen molar-refractivity contribution >= 4 is 44.9 Å². The van der Waals surface area contributed by atoms with Crippen LogP contribution in [-0.2, 0) is 11.2 Å². The molecule has 0 aliphatic carbocycles. The molecule has 9 heteroatoms. The van der Waals surface area contributed by atoms with E-state index < -0.39 is 11.7 Å². The Kier molecular flexibility index (Phi) is 7.02. The highest BCUT2D eigenvalue weighted by atomic mass is 32.1. The van der Waals surface area contributed by atoms with Crippen LogP contribution in [0.2, 0.25) is 0 Å². The van der Waals surface area contributed by atoms with E-state index in [0.29, 0.717) is 17.9 Å². The Hall–Kier alpha value is -3.20. The number of carbonyl (C=O) groups excluding carboxylic acids is 2. The summed E-state index contributed by atoms with van der Waals surface area (Å²) in [4.78, 5) is 36.3. The number of fused-ring (bicyclic) bond motifs is 1. The first kappa shape index (κ1) is 23.9. The summed E-state index contributed by atoms with van der Waals surface area (Å²) >= 11 is 1.64.